The lowest BCUT2D eigenvalue weighted by Gasteiger charge is -2.09. The van der Waals surface area contributed by atoms with Gasteiger partial charge in [-0.15, -0.1) is 0 Å². The number of anilines is 1. The Kier molecular flexibility index (Phi) is 6.36. The predicted octanol–water partition coefficient (Wildman–Crippen LogP) is 3.77. The fraction of sp³-hybridized carbons (Fsp3) is 0. The first-order chi connectivity index (χ1) is 13.5. The van der Waals surface area contributed by atoms with Gasteiger partial charge in [-0.1, -0.05) is 48.5 Å². The predicted molar refractivity (Wildman–Crippen MR) is 114 cm³/mol. The maximum Gasteiger partial charge on any atom is 0.339 e. The van der Waals surface area contributed by atoms with Crippen LogP contribution in [0.5, 0.6) is 5.75 Å². The molecule has 0 fully saturated rings. The molecule has 142 valence electrons. The molecule has 3 aromatic rings. The molecule has 0 saturated carbocycles. The molecule has 3 aromatic carbocycles. The SMILES string of the molecule is O=S(=O)(Oc1ccccc1/C=N/NC(=S)Nc1ccccc1)c1ccccc1. The zero-order chi connectivity index (χ0) is 19.8. The number of nitrogens with one attached hydrogen (secondary N) is 2. The third-order valence-corrected chi connectivity index (χ3v) is 4.99. The highest BCUT2D eigenvalue weighted by Crippen LogP contribution is 2.21. The smallest absolute Gasteiger partial charge is 0.339 e. The molecule has 0 heterocycles. The van der Waals surface area contributed by atoms with Gasteiger partial charge in [0.2, 0.25) is 0 Å². The molecule has 0 bridgehead atoms. The molecule has 0 atom stereocenters. The molecule has 0 aliphatic rings. The molecule has 0 saturated heterocycles. The minimum atomic E-state index is -3.94. The number of nitrogens with zero attached hydrogens (tertiary/aromatic N) is 1. The van der Waals surface area contributed by atoms with Crippen LogP contribution in [0.15, 0.2) is 94.9 Å². The van der Waals surface area contributed by atoms with Crippen LogP contribution in [-0.2, 0) is 10.1 Å². The van der Waals surface area contributed by atoms with Gasteiger partial charge in [0.15, 0.2) is 10.9 Å². The lowest BCUT2D eigenvalue weighted by atomic mass is 10.2. The zero-order valence-corrected chi connectivity index (χ0v) is 16.3. The quantitative estimate of drug-likeness (QED) is 0.278. The van der Waals surface area contributed by atoms with Crippen LogP contribution in [0.4, 0.5) is 5.69 Å². The molecule has 0 aliphatic carbocycles. The molecule has 2 N–H and O–H groups in total. The van der Waals surface area contributed by atoms with Crippen molar-refractivity contribution in [1.29, 1.82) is 0 Å². The number of hydrogen-bond donors (Lipinski definition) is 2. The van der Waals surface area contributed by atoms with Crippen LogP contribution in [0.25, 0.3) is 0 Å². The summed E-state index contributed by atoms with van der Waals surface area (Å²) >= 11 is 5.17. The van der Waals surface area contributed by atoms with Crippen LogP contribution in [0, 0.1) is 0 Å². The van der Waals surface area contributed by atoms with Crippen LogP contribution in [0.2, 0.25) is 0 Å². The van der Waals surface area contributed by atoms with Crippen molar-refractivity contribution in [2.45, 2.75) is 4.90 Å². The molecule has 6 nitrogen and oxygen atoms in total. The fourth-order valence-corrected chi connectivity index (χ4v) is 3.40. The second kappa shape index (κ2) is 9.12. The number of para-hydroxylation sites is 2. The molecule has 8 heteroatoms. The first kappa shape index (κ1) is 19.5. The highest BCUT2D eigenvalue weighted by Gasteiger charge is 2.17. The summed E-state index contributed by atoms with van der Waals surface area (Å²) in [6.07, 6.45) is 1.44. The molecular formula is C20H17N3O3S2. The molecule has 0 aliphatic heterocycles. The van der Waals surface area contributed by atoms with Gasteiger partial charge in [0, 0.05) is 11.3 Å². The van der Waals surface area contributed by atoms with E-state index in [1.807, 2.05) is 30.3 Å². The normalized spacial score (nSPS) is 11.1. The van der Waals surface area contributed by atoms with E-state index in [2.05, 4.69) is 15.8 Å². The lowest BCUT2D eigenvalue weighted by molar-refractivity contribution is 0.485. The highest BCUT2D eigenvalue weighted by molar-refractivity contribution is 7.87. The van der Waals surface area contributed by atoms with Crippen LogP contribution >= 0.6 is 12.2 Å². The summed E-state index contributed by atoms with van der Waals surface area (Å²) in [5, 5.41) is 7.33. The molecule has 3 rings (SSSR count). The minimum Gasteiger partial charge on any atom is -0.378 e. The Balaban J connectivity index is 1.68. The van der Waals surface area contributed by atoms with E-state index >= 15 is 0 Å². The monoisotopic (exact) mass is 411 g/mol. The van der Waals surface area contributed by atoms with Crippen molar-refractivity contribution in [2.24, 2.45) is 5.10 Å². The fourth-order valence-electron chi connectivity index (χ4n) is 2.26. The van der Waals surface area contributed by atoms with Crippen molar-refractivity contribution >= 4 is 39.4 Å². The number of thiocarbonyl (C=S) groups is 1. The molecule has 0 aromatic heterocycles. The first-order valence-corrected chi connectivity index (χ1v) is 10.1. The minimum absolute atomic E-state index is 0.0769. The number of hydrazone groups is 1. The van der Waals surface area contributed by atoms with Gasteiger partial charge in [0.1, 0.15) is 4.90 Å². The van der Waals surface area contributed by atoms with Crippen molar-refractivity contribution in [3.63, 3.8) is 0 Å². The Morgan fingerprint density at radius 1 is 0.893 bits per heavy atom. The summed E-state index contributed by atoms with van der Waals surface area (Å²) in [5.74, 6) is 0.166. The van der Waals surface area contributed by atoms with E-state index < -0.39 is 10.1 Å². The van der Waals surface area contributed by atoms with Crippen LogP contribution in [-0.4, -0.2) is 19.7 Å². The van der Waals surface area contributed by atoms with Crippen molar-refractivity contribution in [3.8, 4) is 5.75 Å². The van der Waals surface area contributed by atoms with Gasteiger partial charge in [0.25, 0.3) is 0 Å². The molecule has 0 unspecified atom stereocenters. The summed E-state index contributed by atoms with van der Waals surface area (Å²) in [5.41, 5.74) is 4.00. The van der Waals surface area contributed by atoms with Crippen LogP contribution < -0.4 is 14.9 Å². The summed E-state index contributed by atoms with van der Waals surface area (Å²) in [4.78, 5) is 0.0769. The van der Waals surface area contributed by atoms with E-state index in [0.717, 1.165) is 5.69 Å². The number of hydrogen-bond acceptors (Lipinski definition) is 5. The Labute approximate surface area is 169 Å². The Morgan fingerprint density at radius 2 is 1.50 bits per heavy atom. The van der Waals surface area contributed by atoms with E-state index in [1.54, 1.807) is 42.5 Å². The molecular weight excluding hydrogens is 394 g/mol. The van der Waals surface area contributed by atoms with Gasteiger partial charge in [-0.3, -0.25) is 5.43 Å². The average Bonchev–Trinajstić information content (AvgIpc) is 2.70. The molecule has 0 spiro atoms. The lowest BCUT2D eigenvalue weighted by Crippen LogP contribution is -2.23. The second-order valence-corrected chi connectivity index (χ2v) is 7.53. The van der Waals surface area contributed by atoms with Crippen molar-refractivity contribution < 1.29 is 12.6 Å². The molecule has 0 amide bonds. The van der Waals surface area contributed by atoms with E-state index in [4.69, 9.17) is 16.4 Å². The van der Waals surface area contributed by atoms with Crippen molar-refractivity contribution in [1.82, 2.24) is 5.43 Å². The summed E-state index contributed by atoms with van der Waals surface area (Å²) in [6.45, 7) is 0. The molecule has 0 radical (unpaired) electrons. The Morgan fingerprint density at radius 3 is 2.21 bits per heavy atom. The van der Waals surface area contributed by atoms with Gasteiger partial charge < -0.3 is 9.50 Å². The van der Waals surface area contributed by atoms with Gasteiger partial charge in [-0.25, -0.2) is 0 Å². The summed E-state index contributed by atoms with van der Waals surface area (Å²) < 4.78 is 30.1. The van der Waals surface area contributed by atoms with Crippen LogP contribution in [0.3, 0.4) is 0 Å². The van der Waals surface area contributed by atoms with Gasteiger partial charge in [0.05, 0.1) is 6.21 Å². The topological polar surface area (TPSA) is 79.8 Å². The Hall–Kier alpha value is -3.23. The van der Waals surface area contributed by atoms with Gasteiger partial charge >= 0.3 is 10.1 Å². The Bertz CT molecular complexity index is 1070. The van der Waals surface area contributed by atoms with Crippen molar-refractivity contribution in [2.75, 3.05) is 5.32 Å². The third kappa shape index (κ3) is 5.38. The maximum absolute atomic E-state index is 12.4. The number of benzene rings is 3. The average molecular weight is 412 g/mol. The van der Waals surface area contributed by atoms with Crippen LogP contribution in [0.1, 0.15) is 5.56 Å². The third-order valence-electron chi connectivity index (χ3n) is 3.55. The molecule has 28 heavy (non-hydrogen) atoms. The first-order valence-electron chi connectivity index (χ1n) is 8.28. The summed E-state index contributed by atoms with van der Waals surface area (Å²) in [6, 6.07) is 24.0. The van der Waals surface area contributed by atoms with E-state index in [0.29, 0.717) is 10.7 Å². The summed E-state index contributed by atoms with van der Waals surface area (Å²) in [7, 11) is -3.94. The largest absolute Gasteiger partial charge is 0.378 e. The second-order valence-electron chi connectivity index (χ2n) is 5.58. The number of rotatable bonds is 6. The maximum atomic E-state index is 12.4. The van der Waals surface area contributed by atoms with E-state index in [9.17, 15) is 8.42 Å². The zero-order valence-electron chi connectivity index (χ0n) is 14.6. The van der Waals surface area contributed by atoms with Crippen molar-refractivity contribution in [3.05, 3.63) is 90.5 Å². The van der Waals surface area contributed by atoms with Gasteiger partial charge in [-0.2, -0.15) is 13.5 Å². The van der Waals surface area contributed by atoms with E-state index in [-0.39, 0.29) is 10.6 Å². The highest BCUT2D eigenvalue weighted by atomic mass is 32.2. The standard InChI is InChI=1S/C20H17N3O3S2/c24-28(25,18-12-5-2-6-13-18)26-19-14-8-7-9-16(19)15-21-23-20(27)22-17-10-3-1-4-11-17/h1-15H,(H2,22,23,27)/b21-15+. The van der Waals surface area contributed by atoms with E-state index in [1.165, 1.54) is 18.3 Å². The van der Waals surface area contributed by atoms with Gasteiger partial charge in [-0.05, 0) is 48.6 Å².